The molecule has 1 aromatic rings. The third kappa shape index (κ3) is 4.68. The molecule has 0 N–H and O–H groups in total. The smallest absolute Gasteiger partial charge is 0.200 e. The van der Waals surface area contributed by atoms with Crippen molar-refractivity contribution < 1.29 is 18.3 Å². The van der Waals surface area contributed by atoms with Gasteiger partial charge in [-0.15, -0.1) is 0 Å². The average molecular weight is 405 g/mol. The van der Waals surface area contributed by atoms with E-state index in [0.29, 0.717) is 12.2 Å². The topological polar surface area (TPSA) is 18.5 Å². The maximum absolute atomic E-state index is 14.6. The summed E-state index contributed by atoms with van der Waals surface area (Å²) in [7, 11) is 0. The molecule has 1 aromatic carbocycles. The minimum atomic E-state index is -0.828. The summed E-state index contributed by atoms with van der Waals surface area (Å²) in [6.07, 6.45) is 12.9. The van der Waals surface area contributed by atoms with Crippen LogP contribution in [0.15, 0.2) is 23.8 Å². The first-order valence-corrected chi connectivity index (χ1v) is 11.5. The molecule has 0 amide bonds. The molecule has 0 bridgehead atoms. The van der Waals surface area contributed by atoms with Gasteiger partial charge in [-0.05, 0) is 106 Å². The Labute approximate surface area is 173 Å². The second kappa shape index (κ2) is 9.59. The van der Waals surface area contributed by atoms with Crippen molar-refractivity contribution in [3.63, 3.8) is 0 Å². The molecule has 0 atom stereocenters. The van der Waals surface area contributed by atoms with Crippen molar-refractivity contribution in [2.45, 2.75) is 70.6 Å². The number of rotatable bonds is 5. The molecule has 4 heteroatoms. The van der Waals surface area contributed by atoms with Crippen molar-refractivity contribution >= 4 is 0 Å². The average Bonchev–Trinajstić information content (AvgIpc) is 2.78. The summed E-state index contributed by atoms with van der Waals surface area (Å²) in [5.41, 5.74) is 2.07. The van der Waals surface area contributed by atoms with E-state index < -0.39 is 11.6 Å². The zero-order chi connectivity index (χ0) is 20.2. The van der Waals surface area contributed by atoms with E-state index in [0.717, 1.165) is 63.1 Å². The monoisotopic (exact) mass is 404 g/mol. The molecule has 29 heavy (non-hydrogen) atoms. The zero-order valence-corrected chi connectivity index (χ0v) is 17.6. The van der Waals surface area contributed by atoms with Gasteiger partial charge < -0.3 is 9.47 Å². The summed E-state index contributed by atoms with van der Waals surface area (Å²) in [5.74, 6) is 0.908. The van der Waals surface area contributed by atoms with Gasteiger partial charge in [-0.1, -0.05) is 12.1 Å². The summed E-state index contributed by atoms with van der Waals surface area (Å²) in [4.78, 5) is 0. The first-order chi connectivity index (χ1) is 14.2. The van der Waals surface area contributed by atoms with E-state index in [1.807, 2.05) is 0 Å². The molecule has 0 spiro atoms. The summed E-state index contributed by atoms with van der Waals surface area (Å²) < 4.78 is 39.6. The minimum Gasteiger partial charge on any atom is -0.491 e. The van der Waals surface area contributed by atoms with E-state index in [9.17, 15) is 8.78 Å². The van der Waals surface area contributed by atoms with E-state index in [4.69, 9.17) is 9.47 Å². The number of hydrogen-bond acceptors (Lipinski definition) is 2. The van der Waals surface area contributed by atoms with Gasteiger partial charge in [0, 0.05) is 0 Å². The highest BCUT2D eigenvalue weighted by Crippen LogP contribution is 2.46. The lowest BCUT2D eigenvalue weighted by Crippen LogP contribution is -2.27. The van der Waals surface area contributed by atoms with Crippen LogP contribution in [0, 0.1) is 29.4 Å². The number of hydrogen-bond donors (Lipinski definition) is 0. The van der Waals surface area contributed by atoms with E-state index in [1.54, 1.807) is 19.1 Å². The van der Waals surface area contributed by atoms with Crippen molar-refractivity contribution in [3.8, 4) is 5.75 Å². The fourth-order valence-electron chi connectivity index (χ4n) is 5.85. The highest BCUT2D eigenvalue weighted by atomic mass is 19.2. The molecule has 2 fully saturated rings. The lowest BCUT2D eigenvalue weighted by molar-refractivity contribution is 0.126. The Bertz CT molecular complexity index is 714. The van der Waals surface area contributed by atoms with E-state index in [2.05, 4.69) is 6.08 Å². The van der Waals surface area contributed by atoms with Gasteiger partial charge >= 0.3 is 0 Å². The van der Waals surface area contributed by atoms with Crippen molar-refractivity contribution in [2.75, 3.05) is 19.8 Å². The highest BCUT2D eigenvalue weighted by molar-refractivity contribution is 5.33. The maximum Gasteiger partial charge on any atom is 0.200 e. The van der Waals surface area contributed by atoms with Crippen LogP contribution in [0.1, 0.15) is 76.2 Å². The van der Waals surface area contributed by atoms with E-state index >= 15 is 0 Å². The Balaban J connectivity index is 1.30. The minimum absolute atomic E-state index is 0.0256. The molecule has 4 rings (SSSR count). The maximum atomic E-state index is 14.6. The third-order valence-corrected chi connectivity index (χ3v) is 7.49. The fourth-order valence-corrected chi connectivity index (χ4v) is 5.85. The van der Waals surface area contributed by atoms with Gasteiger partial charge in [0.2, 0.25) is 5.82 Å². The third-order valence-electron chi connectivity index (χ3n) is 7.49. The number of benzene rings is 1. The lowest BCUT2D eigenvalue weighted by atomic mass is 9.67. The lowest BCUT2D eigenvalue weighted by Gasteiger charge is -2.39. The zero-order valence-electron chi connectivity index (χ0n) is 17.6. The predicted molar refractivity (Wildman–Crippen MR) is 111 cm³/mol. The standard InChI is InChI=1S/C25H34F2O2/c1-2-29-23-14-13-22(24(26)25(23)27)20-11-9-18(10-12-20)17-5-7-19(8-6-17)21-4-3-15-28-16-21/h4,13-14,17-20H,2-3,5-12,15-16H2,1H3. The van der Waals surface area contributed by atoms with Crippen molar-refractivity contribution in [1.29, 1.82) is 0 Å². The molecule has 3 aliphatic rings. The molecule has 0 unspecified atom stereocenters. The van der Waals surface area contributed by atoms with Gasteiger partial charge in [-0.3, -0.25) is 0 Å². The SMILES string of the molecule is CCOc1ccc(C2CCC(C3CCC(C4=CCCOC4)CC3)CC2)c(F)c1F. The van der Waals surface area contributed by atoms with E-state index in [-0.39, 0.29) is 11.7 Å². The van der Waals surface area contributed by atoms with Crippen LogP contribution in [0.4, 0.5) is 8.78 Å². The van der Waals surface area contributed by atoms with Crippen molar-refractivity contribution in [1.82, 2.24) is 0 Å². The van der Waals surface area contributed by atoms with Crippen LogP contribution in [0.3, 0.4) is 0 Å². The van der Waals surface area contributed by atoms with Crippen LogP contribution >= 0.6 is 0 Å². The molecule has 2 nitrogen and oxygen atoms in total. The van der Waals surface area contributed by atoms with Crippen LogP contribution in [0.5, 0.6) is 5.75 Å². The van der Waals surface area contributed by atoms with Gasteiger partial charge in [-0.25, -0.2) is 4.39 Å². The first kappa shape index (κ1) is 20.8. The van der Waals surface area contributed by atoms with Crippen LogP contribution in [-0.4, -0.2) is 19.8 Å². The van der Waals surface area contributed by atoms with Gasteiger partial charge in [0.25, 0.3) is 0 Å². The summed E-state index contributed by atoms with van der Waals surface area (Å²) in [5, 5.41) is 0. The van der Waals surface area contributed by atoms with Gasteiger partial charge in [0.1, 0.15) is 0 Å². The van der Waals surface area contributed by atoms with Gasteiger partial charge in [0.05, 0.1) is 19.8 Å². The van der Waals surface area contributed by atoms with Gasteiger partial charge in [-0.2, -0.15) is 4.39 Å². The summed E-state index contributed by atoms with van der Waals surface area (Å²) in [6.45, 7) is 3.83. The van der Waals surface area contributed by atoms with Crippen LogP contribution in [-0.2, 0) is 4.74 Å². The largest absolute Gasteiger partial charge is 0.491 e. The Morgan fingerprint density at radius 2 is 1.55 bits per heavy atom. The Morgan fingerprint density at radius 1 is 0.897 bits per heavy atom. The van der Waals surface area contributed by atoms with Gasteiger partial charge in [0.15, 0.2) is 11.6 Å². The summed E-state index contributed by atoms with van der Waals surface area (Å²) in [6, 6.07) is 3.33. The normalized spacial score (nSPS) is 30.7. The molecule has 1 aliphatic heterocycles. The van der Waals surface area contributed by atoms with Crippen LogP contribution in [0.25, 0.3) is 0 Å². The molecule has 160 valence electrons. The van der Waals surface area contributed by atoms with Crippen molar-refractivity contribution in [3.05, 3.63) is 41.0 Å². The van der Waals surface area contributed by atoms with Crippen LogP contribution < -0.4 is 4.74 Å². The second-order valence-corrected chi connectivity index (χ2v) is 9.06. The summed E-state index contributed by atoms with van der Waals surface area (Å²) >= 11 is 0. The van der Waals surface area contributed by atoms with Crippen molar-refractivity contribution in [2.24, 2.45) is 17.8 Å². The Kier molecular flexibility index (Phi) is 6.89. The molecule has 0 radical (unpaired) electrons. The molecule has 2 saturated carbocycles. The predicted octanol–water partition coefficient (Wildman–Crippen LogP) is 6.79. The number of ether oxygens (including phenoxy) is 2. The fraction of sp³-hybridized carbons (Fsp3) is 0.680. The highest BCUT2D eigenvalue weighted by Gasteiger charge is 2.33. The van der Waals surface area contributed by atoms with E-state index in [1.165, 1.54) is 31.3 Å². The Hall–Kier alpha value is -1.42. The molecular formula is C25H34F2O2. The molecular weight excluding hydrogens is 370 g/mol. The first-order valence-electron chi connectivity index (χ1n) is 11.5. The molecule has 0 aromatic heterocycles. The quantitative estimate of drug-likeness (QED) is 0.503. The van der Waals surface area contributed by atoms with Crippen LogP contribution in [0.2, 0.25) is 0 Å². The Morgan fingerprint density at radius 3 is 2.14 bits per heavy atom. The molecule has 1 heterocycles. The number of halogens is 2. The molecule has 0 saturated heterocycles. The molecule has 2 aliphatic carbocycles. The second-order valence-electron chi connectivity index (χ2n) is 9.06.